The Morgan fingerprint density at radius 1 is 0.667 bits per heavy atom. The summed E-state index contributed by atoms with van der Waals surface area (Å²) in [5.74, 6) is -0.139. The van der Waals surface area contributed by atoms with Gasteiger partial charge in [-0.2, -0.15) is 0 Å². The van der Waals surface area contributed by atoms with Gasteiger partial charge in [0.15, 0.2) is 0 Å². The zero-order valence-corrected chi connectivity index (χ0v) is 14.4. The van der Waals surface area contributed by atoms with Gasteiger partial charge in [-0.3, -0.25) is 4.79 Å². The first-order valence-electron chi connectivity index (χ1n) is 8.74. The maximum absolute atomic E-state index is 12.8. The van der Waals surface area contributed by atoms with Gasteiger partial charge in [-0.15, -0.1) is 0 Å². The number of fused-ring (bicyclic) bond motifs is 3. The lowest BCUT2D eigenvalue weighted by Gasteiger charge is -2.09. The van der Waals surface area contributed by atoms with E-state index in [4.69, 9.17) is 0 Å². The summed E-state index contributed by atoms with van der Waals surface area (Å²) in [5.41, 5.74) is 4.60. The molecule has 1 heterocycles. The van der Waals surface area contributed by atoms with Gasteiger partial charge in [0.05, 0.1) is 22.1 Å². The molecule has 5 rings (SSSR count). The van der Waals surface area contributed by atoms with Crippen LogP contribution < -0.4 is 5.32 Å². The molecule has 0 spiro atoms. The minimum Gasteiger partial charge on any atom is -0.322 e. The van der Waals surface area contributed by atoms with E-state index >= 15 is 0 Å². The molecule has 1 aromatic heterocycles. The molecule has 0 saturated heterocycles. The van der Waals surface area contributed by atoms with Crippen molar-refractivity contribution in [2.75, 3.05) is 5.32 Å². The van der Waals surface area contributed by atoms with E-state index in [1.807, 2.05) is 84.9 Å². The van der Waals surface area contributed by atoms with Crippen molar-refractivity contribution in [1.82, 2.24) is 9.97 Å². The Kier molecular flexibility index (Phi) is 3.54. The number of carbonyl (C=O) groups excluding carboxylic acids is 1. The second kappa shape index (κ2) is 6.18. The van der Waals surface area contributed by atoms with Crippen LogP contribution >= 0.6 is 0 Å². The lowest BCUT2D eigenvalue weighted by molar-refractivity contribution is 0.102. The molecule has 0 atom stereocenters. The molecule has 0 aliphatic rings. The van der Waals surface area contributed by atoms with Gasteiger partial charge in [-0.05, 0) is 47.2 Å². The van der Waals surface area contributed by atoms with E-state index < -0.39 is 0 Å². The third-order valence-electron chi connectivity index (χ3n) is 4.63. The normalized spacial score (nSPS) is 11.1. The van der Waals surface area contributed by atoms with Crippen molar-refractivity contribution >= 4 is 44.4 Å². The first-order valence-corrected chi connectivity index (χ1v) is 8.74. The van der Waals surface area contributed by atoms with E-state index in [2.05, 4.69) is 15.3 Å². The average molecular weight is 349 g/mol. The lowest BCUT2D eigenvalue weighted by atomic mass is 10.0. The van der Waals surface area contributed by atoms with Gasteiger partial charge in [0.2, 0.25) is 0 Å². The molecule has 27 heavy (non-hydrogen) atoms. The molecule has 1 amide bonds. The zero-order valence-electron chi connectivity index (χ0n) is 14.4. The maximum atomic E-state index is 12.8. The molecule has 1 N–H and O–H groups in total. The fraction of sp³-hybridized carbons (Fsp3) is 0. The molecule has 0 saturated carbocycles. The second-order valence-corrected chi connectivity index (χ2v) is 6.40. The first-order chi connectivity index (χ1) is 13.3. The molecule has 0 bridgehead atoms. The van der Waals surface area contributed by atoms with Crippen molar-refractivity contribution < 1.29 is 4.79 Å². The van der Waals surface area contributed by atoms with E-state index in [9.17, 15) is 4.79 Å². The number of anilines is 1. The standard InChI is InChI=1S/C23H15N3O/c27-23(18-9-5-7-15-6-1-2-8-17(15)18)24-16-12-13-21-22(14-16)26-20-11-4-3-10-19(20)25-21/h1-14H,(H,24,27). The van der Waals surface area contributed by atoms with E-state index in [0.717, 1.165) is 32.8 Å². The Morgan fingerprint density at radius 2 is 1.33 bits per heavy atom. The zero-order chi connectivity index (χ0) is 18.2. The quantitative estimate of drug-likeness (QED) is 0.446. The van der Waals surface area contributed by atoms with Crippen LogP contribution in [0.1, 0.15) is 10.4 Å². The van der Waals surface area contributed by atoms with Crippen LogP contribution in [0.25, 0.3) is 32.8 Å². The number of rotatable bonds is 2. The maximum Gasteiger partial charge on any atom is 0.256 e. The van der Waals surface area contributed by atoms with E-state index in [-0.39, 0.29) is 5.91 Å². The van der Waals surface area contributed by atoms with E-state index in [1.165, 1.54) is 0 Å². The van der Waals surface area contributed by atoms with Crippen LogP contribution in [0.2, 0.25) is 0 Å². The highest BCUT2D eigenvalue weighted by Crippen LogP contribution is 2.22. The summed E-state index contributed by atoms with van der Waals surface area (Å²) in [4.78, 5) is 22.1. The molecule has 4 nitrogen and oxygen atoms in total. The monoisotopic (exact) mass is 349 g/mol. The highest BCUT2D eigenvalue weighted by atomic mass is 16.1. The van der Waals surface area contributed by atoms with E-state index in [1.54, 1.807) is 0 Å². The molecular weight excluding hydrogens is 334 g/mol. The molecule has 0 aliphatic heterocycles. The Bertz CT molecular complexity index is 1320. The Balaban J connectivity index is 1.53. The summed E-state index contributed by atoms with van der Waals surface area (Å²) < 4.78 is 0. The smallest absolute Gasteiger partial charge is 0.256 e. The van der Waals surface area contributed by atoms with Crippen LogP contribution in [-0.4, -0.2) is 15.9 Å². The molecule has 4 heteroatoms. The minimum absolute atomic E-state index is 0.139. The number of nitrogens with one attached hydrogen (secondary N) is 1. The van der Waals surface area contributed by atoms with Gasteiger partial charge < -0.3 is 5.32 Å². The van der Waals surface area contributed by atoms with Gasteiger partial charge in [-0.1, -0.05) is 48.5 Å². The van der Waals surface area contributed by atoms with Crippen molar-refractivity contribution in [3.8, 4) is 0 Å². The van der Waals surface area contributed by atoms with Crippen molar-refractivity contribution in [2.45, 2.75) is 0 Å². The predicted molar refractivity (Wildman–Crippen MR) is 109 cm³/mol. The summed E-state index contributed by atoms with van der Waals surface area (Å²) in [6.07, 6.45) is 0. The molecule has 128 valence electrons. The minimum atomic E-state index is -0.139. The summed E-state index contributed by atoms with van der Waals surface area (Å²) in [6, 6.07) is 27.0. The Labute approximate surface area is 155 Å². The van der Waals surface area contributed by atoms with Gasteiger partial charge in [-0.25, -0.2) is 9.97 Å². The fourth-order valence-electron chi connectivity index (χ4n) is 3.32. The SMILES string of the molecule is O=C(Nc1ccc2nc3ccccc3nc2c1)c1cccc2ccccc12. The molecular formula is C23H15N3O. The fourth-order valence-corrected chi connectivity index (χ4v) is 3.32. The third kappa shape index (κ3) is 2.77. The number of benzene rings is 4. The van der Waals surface area contributed by atoms with Crippen LogP contribution in [0.3, 0.4) is 0 Å². The van der Waals surface area contributed by atoms with E-state index in [0.29, 0.717) is 11.3 Å². The van der Waals surface area contributed by atoms with Gasteiger partial charge in [0.25, 0.3) is 5.91 Å². The summed E-state index contributed by atoms with van der Waals surface area (Å²) >= 11 is 0. The number of hydrogen-bond acceptors (Lipinski definition) is 3. The number of nitrogens with zero attached hydrogens (tertiary/aromatic N) is 2. The predicted octanol–water partition coefficient (Wildman–Crippen LogP) is 5.19. The van der Waals surface area contributed by atoms with Crippen LogP contribution in [-0.2, 0) is 0 Å². The van der Waals surface area contributed by atoms with Crippen LogP contribution in [0, 0.1) is 0 Å². The lowest BCUT2D eigenvalue weighted by Crippen LogP contribution is -2.12. The van der Waals surface area contributed by atoms with Crippen LogP contribution in [0.5, 0.6) is 0 Å². The molecule has 0 aliphatic carbocycles. The third-order valence-corrected chi connectivity index (χ3v) is 4.63. The Hall–Kier alpha value is -3.79. The number of carbonyl (C=O) groups is 1. The summed E-state index contributed by atoms with van der Waals surface area (Å²) in [5, 5.41) is 4.96. The number of aromatic nitrogens is 2. The molecule has 4 aromatic carbocycles. The van der Waals surface area contributed by atoms with Crippen molar-refractivity contribution in [2.24, 2.45) is 0 Å². The van der Waals surface area contributed by atoms with Crippen LogP contribution in [0.4, 0.5) is 5.69 Å². The highest BCUT2D eigenvalue weighted by molar-refractivity contribution is 6.13. The molecule has 0 unspecified atom stereocenters. The van der Waals surface area contributed by atoms with Crippen molar-refractivity contribution in [3.63, 3.8) is 0 Å². The van der Waals surface area contributed by atoms with Crippen molar-refractivity contribution in [1.29, 1.82) is 0 Å². The largest absolute Gasteiger partial charge is 0.322 e. The number of amides is 1. The summed E-state index contributed by atoms with van der Waals surface area (Å²) in [7, 11) is 0. The average Bonchev–Trinajstić information content (AvgIpc) is 2.71. The molecule has 0 radical (unpaired) electrons. The first kappa shape index (κ1) is 15.5. The summed E-state index contributed by atoms with van der Waals surface area (Å²) in [6.45, 7) is 0. The van der Waals surface area contributed by atoms with Crippen molar-refractivity contribution in [3.05, 3.63) is 90.5 Å². The Morgan fingerprint density at radius 3 is 2.19 bits per heavy atom. The topological polar surface area (TPSA) is 54.9 Å². The van der Waals surface area contributed by atoms with Gasteiger partial charge in [0.1, 0.15) is 0 Å². The van der Waals surface area contributed by atoms with Crippen LogP contribution in [0.15, 0.2) is 84.9 Å². The second-order valence-electron chi connectivity index (χ2n) is 6.40. The number of para-hydroxylation sites is 2. The number of hydrogen-bond donors (Lipinski definition) is 1. The highest BCUT2D eigenvalue weighted by Gasteiger charge is 2.11. The molecule has 0 fully saturated rings. The van der Waals surface area contributed by atoms with Gasteiger partial charge >= 0.3 is 0 Å². The molecule has 5 aromatic rings. The van der Waals surface area contributed by atoms with Gasteiger partial charge in [0, 0.05) is 11.3 Å².